The zero-order valence-corrected chi connectivity index (χ0v) is 10.2. The number of nitrogens with one attached hydrogen (secondary N) is 2. The second-order valence-electron chi connectivity index (χ2n) is 4.64. The lowest BCUT2D eigenvalue weighted by Gasteiger charge is -2.30. The molecule has 1 aromatic heterocycles. The van der Waals surface area contributed by atoms with Gasteiger partial charge in [0.15, 0.2) is 0 Å². The first-order valence-corrected chi connectivity index (χ1v) is 6.31. The smallest absolute Gasteiger partial charge is 0.220 e. The van der Waals surface area contributed by atoms with E-state index < -0.39 is 0 Å². The summed E-state index contributed by atoms with van der Waals surface area (Å²) < 4.78 is 5.20. The Morgan fingerprint density at radius 1 is 1.65 bits per heavy atom. The molecule has 2 rings (SSSR count). The topological polar surface area (TPSA) is 54.3 Å². The predicted octanol–water partition coefficient (Wildman–Crippen LogP) is 1.47. The average Bonchev–Trinajstić information content (AvgIpc) is 2.82. The first kappa shape index (κ1) is 12.2. The average molecular weight is 236 g/mol. The van der Waals surface area contributed by atoms with E-state index in [0.717, 1.165) is 25.1 Å². The Morgan fingerprint density at radius 2 is 2.53 bits per heavy atom. The molecular weight excluding hydrogens is 216 g/mol. The van der Waals surface area contributed by atoms with Crippen LogP contribution in [0.15, 0.2) is 22.8 Å². The lowest BCUT2D eigenvalue weighted by molar-refractivity contribution is -0.122. The Morgan fingerprint density at radius 3 is 3.24 bits per heavy atom. The van der Waals surface area contributed by atoms with E-state index in [2.05, 4.69) is 17.6 Å². The fraction of sp³-hybridized carbons (Fsp3) is 0.615. The number of carbonyl (C=O) groups excluding carboxylic acids is 1. The molecule has 1 aliphatic heterocycles. The van der Waals surface area contributed by atoms with Crippen LogP contribution in [0.5, 0.6) is 0 Å². The van der Waals surface area contributed by atoms with Crippen LogP contribution in [0.25, 0.3) is 0 Å². The Balaban J connectivity index is 1.73. The SMILES string of the molecule is CC1NCCCC1NC(=O)CCc1ccco1. The highest BCUT2D eigenvalue weighted by atomic mass is 16.3. The maximum atomic E-state index is 11.8. The van der Waals surface area contributed by atoms with Crippen molar-refractivity contribution in [3.05, 3.63) is 24.2 Å². The van der Waals surface area contributed by atoms with Crippen LogP contribution in [0.4, 0.5) is 0 Å². The van der Waals surface area contributed by atoms with E-state index in [1.165, 1.54) is 0 Å². The van der Waals surface area contributed by atoms with Crippen molar-refractivity contribution in [3.63, 3.8) is 0 Å². The van der Waals surface area contributed by atoms with Crippen molar-refractivity contribution in [2.45, 2.75) is 44.7 Å². The van der Waals surface area contributed by atoms with Gasteiger partial charge in [-0.25, -0.2) is 0 Å². The van der Waals surface area contributed by atoms with Crippen molar-refractivity contribution in [1.29, 1.82) is 0 Å². The predicted molar refractivity (Wildman–Crippen MR) is 65.7 cm³/mol. The number of amides is 1. The second-order valence-corrected chi connectivity index (χ2v) is 4.64. The van der Waals surface area contributed by atoms with Crippen LogP contribution in [-0.4, -0.2) is 24.5 Å². The van der Waals surface area contributed by atoms with Crippen LogP contribution in [0.1, 0.15) is 31.9 Å². The Labute approximate surface area is 102 Å². The van der Waals surface area contributed by atoms with Crippen molar-refractivity contribution in [3.8, 4) is 0 Å². The maximum Gasteiger partial charge on any atom is 0.220 e. The van der Waals surface area contributed by atoms with Gasteiger partial charge in [0.2, 0.25) is 5.91 Å². The van der Waals surface area contributed by atoms with E-state index >= 15 is 0 Å². The van der Waals surface area contributed by atoms with Gasteiger partial charge < -0.3 is 15.1 Å². The molecule has 4 nitrogen and oxygen atoms in total. The highest BCUT2D eigenvalue weighted by Crippen LogP contribution is 2.09. The molecule has 4 heteroatoms. The van der Waals surface area contributed by atoms with Gasteiger partial charge in [0.05, 0.1) is 6.26 Å². The third-order valence-corrected chi connectivity index (χ3v) is 3.29. The van der Waals surface area contributed by atoms with Crippen LogP contribution in [-0.2, 0) is 11.2 Å². The summed E-state index contributed by atoms with van der Waals surface area (Å²) in [6.45, 7) is 3.18. The minimum Gasteiger partial charge on any atom is -0.469 e. The van der Waals surface area contributed by atoms with E-state index in [1.807, 2.05) is 12.1 Å². The van der Waals surface area contributed by atoms with Crippen LogP contribution in [0.3, 0.4) is 0 Å². The van der Waals surface area contributed by atoms with Gasteiger partial charge in [0.25, 0.3) is 0 Å². The van der Waals surface area contributed by atoms with Crippen LogP contribution < -0.4 is 10.6 Å². The van der Waals surface area contributed by atoms with Crippen molar-refractivity contribution in [1.82, 2.24) is 10.6 Å². The standard InChI is InChI=1S/C13H20N2O2/c1-10-12(5-2-8-14-10)15-13(16)7-6-11-4-3-9-17-11/h3-4,9-10,12,14H,2,5-8H2,1H3,(H,15,16). The number of piperidine rings is 1. The van der Waals surface area contributed by atoms with Gasteiger partial charge in [-0.3, -0.25) is 4.79 Å². The molecule has 1 aromatic rings. The lowest BCUT2D eigenvalue weighted by atomic mass is 9.99. The highest BCUT2D eigenvalue weighted by molar-refractivity contribution is 5.76. The minimum absolute atomic E-state index is 0.113. The maximum absolute atomic E-state index is 11.8. The quantitative estimate of drug-likeness (QED) is 0.832. The van der Waals surface area contributed by atoms with Crippen molar-refractivity contribution >= 4 is 5.91 Å². The summed E-state index contributed by atoms with van der Waals surface area (Å²) in [5, 5.41) is 6.46. The minimum atomic E-state index is 0.113. The second kappa shape index (κ2) is 5.87. The molecule has 2 unspecified atom stereocenters. The van der Waals surface area contributed by atoms with Crippen LogP contribution in [0, 0.1) is 0 Å². The Bertz CT molecular complexity index is 348. The summed E-state index contributed by atoms with van der Waals surface area (Å²) in [6, 6.07) is 4.39. The molecule has 0 radical (unpaired) electrons. The van der Waals surface area contributed by atoms with Crippen LogP contribution in [0.2, 0.25) is 0 Å². The fourth-order valence-electron chi connectivity index (χ4n) is 2.21. The molecule has 0 bridgehead atoms. The number of hydrogen-bond acceptors (Lipinski definition) is 3. The normalized spacial score (nSPS) is 24.5. The molecule has 94 valence electrons. The van der Waals surface area contributed by atoms with E-state index in [9.17, 15) is 4.79 Å². The number of furan rings is 1. The highest BCUT2D eigenvalue weighted by Gasteiger charge is 2.22. The molecule has 0 aliphatic carbocycles. The van der Waals surface area contributed by atoms with Crippen LogP contribution >= 0.6 is 0 Å². The molecule has 2 atom stereocenters. The molecule has 0 spiro atoms. The van der Waals surface area contributed by atoms with Gasteiger partial charge >= 0.3 is 0 Å². The van der Waals surface area contributed by atoms with E-state index in [0.29, 0.717) is 18.9 Å². The van der Waals surface area contributed by atoms with Gasteiger partial charge in [-0.15, -0.1) is 0 Å². The molecular formula is C13H20N2O2. The third-order valence-electron chi connectivity index (χ3n) is 3.29. The number of carbonyl (C=O) groups is 1. The molecule has 1 fully saturated rings. The van der Waals surface area contributed by atoms with Crippen molar-refractivity contribution in [2.24, 2.45) is 0 Å². The van der Waals surface area contributed by atoms with Gasteiger partial charge in [0.1, 0.15) is 5.76 Å². The first-order valence-electron chi connectivity index (χ1n) is 6.31. The van der Waals surface area contributed by atoms with Gasteiger partial charge in [-0.05, 0) is 38.4 Å². The molecule has 2 heterocycles. The summed E-state index contributed by atoms with van der Waals surface area (Å²) in [5.41, 5.74) is 0. The van der Waals surface area contributed by atoms with E-state index in [4.69, 9.17) is 4.42 Å². The third kappa shape index (κ3) is 3.60. The largest absolute Gasteiger partial charge is 0.469 e. The fourth-order valence-corrected chi connectivity index (χ4v) is 2.21. The molecule has 17 heavy (non-hydrogen) atoms. The summed E-state index contributed by atoms with van der Waals surface area (Å²) in [7, 11) is 0. The summed E-state index contributed by atoms with van der Waals surface area (Å²) in [6.07, 6.45) is 5.01. The molecule has 0 aromatic carbocycles. The zero-order valence-electron chi connectivity index (χ0n) is 10.2. The Kier molecular flexibility index (Phi) is 4.20. The van der Waals surface area contributed by atoms with E-state index in [1.54, 1.807) is 6.26 Å². The zero-order chi connectivity index (χ0) is 12.1. The van der Waals surface area contributed by atoms with Crippen molar-refractivity contribution < 1.29 is 9.21 Å². The summed E-state index contributed by atoms with van der Waals surface area (Å²) >= 11 is 0. The number of hydrogen-bond donors (Lipinski definition) is 2. The van der Waals surface area contributed by atoms with Gasteiger partial charge in [-0.2, -0.15) is 0 Å². The molecule has 1 saturated heterocycles. The van der Waals surface area contributed by atoms with Crippen molar-refractivity contribution in [2.75, 3.05) is 6.54 Å². The number of rotatable bonds is 4. The lowest BCUT2D eigenvalue weighted by Crippen LogP contribution is -2.51. The molecule has 1 amide bonds. The van der Waals surface area contributed by atoms with Gasteiger partial charge in [0, 0.05) is 24.9 Å². The van der Waals surface area contributed by atoms with E-state index in [-0.39, 0.29) is 11.9 Å². The summed E-state index contributed by atoms with van der Waals surface area (Å²) in [4.78, 5) is 11.8. The molecule has 0 saturated carbocycles. The van der Waals surface area contributed by atoms with Gasteiger partial charge in [-0.1, -0.05) is 0 Å². The summed E-state index contributed by atoms with van der Waals surface area (Å²) in [5.74, 6) is 0.983. The Hall–Kier alpha value is -1.29. The molecule has 2 N–H and O–H groups in total. The molecule has 1 aliphatic rings. The first-order chi connectivity index (χ1) is 8.25. The number of aryl methyl sites for hydroxylation is 1. The monoisotopic (exact) mass is 236 g/mol.